The first-order valence-electron chi connectivity index (χ1n) is 8.56. The molecule has 26 heavy (non-hydrogen) atoms. The second-order valence-corrected chi connectivity index (χ2v) is 10.5. The molecule has 1 saturated heterocycles. The van der Waals surface area contributed by atoms with Crippen LogP contribution in [0, 0.1) is 13.8 Å². The SMILES string of the molecule is Cc1ccc(C)c(C(=O)C(C)Sc2nnc(C3CCS(=O)(=O)C3)n2C)c1. The third kappa shape index (κ3) is 3.86. The minimum absolute atomic E-state index is 0.0594. The average molecular weight is 394 g/mol. The summed E-state index contributed by atoms with van der Waals surface area (Å²) in [6, 6.07) is 5.87. The molecule has 1 aromatic carbocycles. The van der Waals surface area contributed by atoms with E-state index < -0.39 is 9.84 Å². The smallest absolute Gasteiger partial charge is 0.191 e. The van der Waals surface area contributed by atoms with Gasteiger partial charge in [-0.3, -0.25) is 4.79 Å². The molecule has 8 heteroatoms. The molecule has 2 unspecified atom stereocenters. The van der Waals surface area contributed by atoms with Gasteiger partial charge in [-0.25, -0.2) is 8.42 Å². The van der Waals surface area contributed by atoms with Crippen LogP contribution in [0.1, 0.15) is 46.6 Å². The molecule has 0 amide bonds. The highest BCUT2D eigenvalue weighted by atomic mass is 32.2. The van der Waals surface area contributed by atoms with Crippen molar-refractivity contribution in [3.63, 3.8) is 0 Å². The van der Waals surface area contributed by atoms with E-state index in [1.807, 2.05) is 50.6 Å². The van der Waals surface area contributed by atoms with Gasteiger partial charge in [0.25, 0.3) is 0 Å². The molecule has 0 saturated carbocycles. The quantitative estimate of drug-likeness (QED) is 0.574. The average Bonchev–Trinajstić information content (AvgIpc) is 3.11. The summed E-state index contributed by atoms with van der Waals surface area (Å²) in [5.74, 6) is 0.954. The lowest BCUT2D eigenvalue weighted by atomic mass is 10.0. The van der Waals surface area contributed by atoms with Crippen molar-refractivity contribution in [2.45, 2.75) is 43.5 Å². The van der Waals surface area contributed by atoms with Crippen molar-refractivity contribution < 1.29 is 13.2 Å². The van der Waals surface area contributed by atoms with E-state index in [1.54, 1.807) is 0 Å². The maximum absolute atomic E-state index is 12.8. The van der Waals surface area contributed by atoms with E-state index in [9.17, 15) is 13.2 Å². The topological polar surface area (TPSA) is 81.9 Å². The maximum Gasteiger partial charge on any atom is 0.191 e. The molecule has 1 fully saturated rings. The van der Waals surface area contributed by atoms with Crippen LogP contribution in [-0.4, -0.2) is 45.7 Å². The zero-order valence-corrected chi connectivity index (χ0v) is 17.0. The van der Waals surface area contributed by atoms with E-state index in [0.717, 1.165) is 16.7 Å². The highest BCUT2D eigenvalue weighted by molar-refractivity contribution is 8.00. The number of aryl methyl sites for hydroxylation is 2. The molecule has 3 rings (SSSR count). The van der Waals surface area contributed by atoms with Crippen LogP contribution >= 0.6 is 11.8 Å². The lowest BCUT2D eigenvalue weighted by molar-refractivity contribution is 0.0993. The number of hydrogen-bond donors (Lipinski definition) is 0. The summed E-state index contributed by atoms with van der Waals surface area (Å²) in [5, 5.41) is 8.72. The molecular formula is C18H23N3O3S2. The minimum atomic E-state index is -2.97. The van der Waals surface area contributed by atoms with E-state index in [4.69, 9.17) is 0 Å². The first-order chi connectivity index (χ1) is 12.2. The summed E-state index contributed by atoms with van der Waals surface area (Å²) in [5.41, 5.74) is 2.75. The number of sulfone groups is 1. The predicted octanol–water partition coefficient (Wildman–Crippen LogP) is 2.70. The number of aromatic nitrogens is 3. The molecule has 1 aromatic heterocycles. The monoisotopic (exact) mass is 393 g/mol. The van der Waals surface area contributed by atoms with Gasteiger partial charge in [0.1, 0.15) is 5.82 Å². The molecule has 2 aromatic rings. The molecule has 1 aliphatic heterocycles. The highest BCUT2D eigenvalue weighted by Crippen LogP contribution is 2.31. The lowest BCUT2D eigenvalue weighted by Gasteiger charge is -2.13. The zero-order chi connectivity index (χ0) is 19.1. The summed E-state index contributed by atoms with van der Waals surface area (Å²) in [4.78, 5) is 12.8. The van der Waals surface area contributed by atoms with Crippen LogP contribution in [0.2, 0.25) is 0 Å². The second-order valence-electron chi connectivity index (χ2n) is 6.94. The Bertz CT molecular complexity index is 951. The first-order valence-corrected chi connectivity index (χ1v) is 11.3. The second kappa shape index (κ2) is 7.15. The third-order valence-corrected chi connectivity index (χ3v) is 7.68. The van der Waals surface area contributed by atoms with Gasteiger partial charge >= 0.3 is 0 Å². The Labute approximate surface area is 158 Å². The van der Waals surface area contributed by atoms with Crippen molar-refractivity contribution in [1.29, 1.82) is 0 Å². The molecule has 6 nitrogen and oxygen atoms in total. The molecule has 0 N–H and O–H groups in total. The van der Waals surface area contributed by atoms with Gasteiger partial charge in [0, 0.05) is 18.5 Å². The standard InChI is InChI=1S/C18H23N3O3S2/c1-11-5-6-12(2)15(9-11)16(22)13(3)25-18-20-19-17(21(18)4)14-7-8-26(23,24)10-14/h5-6,9,13-14H,7-8,10H2,1-4H3. The van der Waals surface area contributed by atoms with Crippen LogP contribution < -0.4 is 0 Å². The van der Waals surface area contributed by atoms with Crippen molar-refractivity contribution in [2.24, 2.45) is 7.05 Å². The number of carbonyl (C=O) groups excluding carboxylic acids is 1. The fraction of sp³-hybridized carbons (Fsp3) is 0.500. The molecule has 2 heterocycles. The van der Waals surface area contributed by atoms with Gasteiger partial charge < -0.3 is 4.57 Å². The lowest BCUT2D eigenvalue weighted by Crippen LogP contribution is -2.16. The van der Waals surface area contributed by atoms with Gasteiger partial charge in [0.15, 0.2) is 20.8 Å². The van der Waals surface area contributed by atoms with Gasteiger partial charge in [-0.1, -0.05) is 29.5 Å². The van der Waals surface area contributed by atoms with Gasteiger partial charge in [-0.05, 0) is 38.8 Å². The van der Waals surface area contributed by atoms with Crippen molar-refractivity contribution in [3.8, 4) is 0 Å². The molecule has 2 atom stereocenters. The normalized spacial score (nSPS) is 20.2. The van der Waals surface area contributed by atoms with E-state index in [0.29, 0.717) is 17.4 Å². The minimum Gasteiger partial charge on any atom is -0.309 e. The Morgan fingerprint density at radius 3 is 2.69 bits per heavy atom. The maximum atomic E-state index is 12.8. The number of carbonyl (C=O) groups is 1. The molecular weight excluding hydrogens is 370 g/mol. The van der Waals surface area contributed by atoms with Crippen LogP contribution in [0.5, 0.6) is 0 Å². The number of thioether (sulfide) groups is 1. The van der Waals surface area contributed by atoms with Gasteiger partial charge in [0.2, 0.25) is 0 Å². The molecule has 0 spiro atoms. The predicted molar refractivity (Wildman–Crippen MR) is 103 cm³/mol. The van der Waals surface area contributed by atoms with E-state index in [1.165, 1.54) is 11.8 Å². The van der Waals surface area contributed by atoms with Crippen LogP contribution in [0.15, 0.2) is 23.4 Å². The van der Waals surface area contributed by atoms with E-state index in [-0.39, 0.29) is 28.5 Å². The van der Waals surface area contributed by atoms with Gasteiger partial charge in [-0.15, -0.1) is 10.2 Å². The number of benzene rings is 1. The van der Waals surface area contributed by atoms with Crippen LogP contribution in [-0.2, 0) is 16.9 Å². The summed E-state index contributed by atoms with van der Waals surface area (Å²) < 4.78 is 25.2. The molecule has 140 valence electrons. The Balaban J connectivity index is 1.77. The molecule has 0 radical (unpaired) electrons. The van der Waals surface area contributed by atoms with Crippen LogP contribution in [0.3, 0.4) is 0 Å². The fourth-order valence-electron chi connectivity index (χ4n) is 3.21. The largest absolute Gasteiger partial charge is 0.309 e. The van der Waals surface area contributed by atoms with E-state index in [2.05, 4.69) is 10.2 Å². The summed E-state index contributed by atoms with van der Waals surface area (Å²) in [6.45, 7) is 5.77. The van der Waals surface area contributed by atoms with Crippen molar-refractivity contribution in [2.75, 3.05) is 11.5 Å². The number of ketones is 1. The van der Waals surface area contributed by atoms with Crippen LogP contribution in [0.25, 0.3) is 0 Å². The Morgan fingerprint density at radius 2 is 2.04 bits per heavy atom. The third-order valence-electron chi connectivity index (χ3n) is 4.78. The number of Topliss-reactive ketones (excluding diaryl/α,β-unsaturated/α-hetero) is 1. The highest BCUT2D eigenvalue weighted by Gasteiger charge is 2.33. The Hall–Kier alpha value is -1.67. The van der Waals surface area contributed by atoms with E-state index >= 15 is 0 Å². The van der Waals surface area contributed by atoms with Crippen molar-refractivity contribution >= 4 is 27.4 Å². The summed E-state index contributed by atoms with van der Waals surface area (Å²) >= 11 is 1.36. The Morgan fingerprint density at radius 1 is 1.31 bits per heavy atom. The van der Waals surface area contributed by atoms with Crippen molar-refractivity contribution in [1.82, 2.24) is 14.8 Å². The molecule has 0 aliphatic carbocycles. The van der Waals surface area contributed by atoms with Gasteiger partial charge in [0.05, 0.1) is 16.8 Å². The summed E-state index contributed by atoms with van der Waals surface area (Å²) in [6.07, 6.45) is 0.579. The fourth-order valence-corrected chi connectivity index (χ4v) is 5.84. The zero-order valence-electron chi connectivity index (χ0n) is 15.4. The molecule has 1 aliphatic rings. The number of rotatable bonds is 5. The molecule has 0 bridgehead atoms. The van der Waals surface area contributed by atoms with Crippen molar-refractivity contribution in [3.05, 3.63) is 40.7 Å². The Kier molecular flexibility index (Phi) is 5.25. The number of nitrogens with zero attached hydrogens (tertiary/aromatic N) is 3. The van der Waals surface area contributed by atoms with Gasteiger partial charge in [-0.2, -0.15) is 0 Å². The summed E-state index contributed by atoms with van der Waals surface area (Å²) in [7, 11) is -1.14. The van der Waals surface area contributed by atoms with Crippen LogP contribution in [0.4, 0.5) is 0 Å². The number of hydrogen-bond acceptors (Lipinski definition) is 6. The first kappa shape index (κ1) is 19.1.